The van der Waals surface area contributed by atoms with Crippen molar-refractivity contribution in [2.75, 3.05) is 11.9 Å². The molecule has 0 aliphatic heterocycles. The highest BCUT2D eigenvalue weighted by Gasteiger charge is 2.23. The number of carbonyl (C=O) groups excluding carboxylic acids is 1. The van der Waals surface area contributed by atoms with Crippen molar-refractivity contribution in [2.45, 2.75) is 38.3 Å². The molecule has 0 aliphatic carbocycles. The van der Waals surface area contributed by atoms with E-state index in [1.165, 1.54) is 0 Å². The van der Waals surface area contributed by atoms with Gasteiger partial charge in [0.2, 0.25) is 5.91 Å². The average molecular weight is 504 g/mol. The third kappa shape index (κ3) is 6.12. The van der Waals surface area contributed by atoms with Gasteiger partial charge in [-0.1, -0.05) is 49.4 Å². The number of benzene rings is 2. The zero-order chi connectivity index (χ0) is 27.1. The fourth-order valence-corrected chi connectivity index (χ4v) is 3.97. The van der Waals surface area contributed by atoms with Crippen LogP contribution in [0.4, 0.5) is 5.82 Å². The molecule has 0 spiro atoms. The predicted molar refractivity (Wildman–Crippen MR) is 146 cm³/mol. The number of nitriles is 2. The summed E-state index contributed by atoms with van der Waals surface area (Å²) in [6, 6.07) is 24.5. The first-order chi connectivity index (χ1) is 18.3. The lowest BCUT2D eigenvalue weighted by molar-refractivity contribution is -0.118. The van der Waals surface area contributed by atoms with Crippen LogP contribution in [0.3, 0.4) is 0 Å². The molecule has 0 bridgehead atoms. The molecule has 0 fully saturated rings. The Morgan fingerprint density at radius 2 is 1.71 bits per heavy atom. The number of hydrogen-bond donors (Lipinski definition) is 2. The molecule has 8 nitrogen and oxygen atoms in total. The van der Waals surface area contributed by atoms with E-state index in [0.717, 1.165) is 22.3 Å². The zero-order valence-corrected chi connectivity index (χ0v) is 21.6. The van der Waals surface area contributed by atoms with E-state index in [4.69, 9.17) is 5.26 Å². The Kier molecular flexibility index (Phi) is 7.96. The van der Waals surface area contributed by atoms with Crippen LogP contribution in [0, 0.1) is 22.7 Å². The van der Waals surface area contributed by atoms with Crippen molar-refractivity contribution in [1.82, 2.24) is 20.1 Å². The molecular weight excluding hydrogens is 474 g/mol. The van der Waals surface area contributed by atoms with E-state index in [-0.39, 0.29) is 11.8 Å². The molecule has 0 saturated heterocycles. The number of anilines is 1. The summed E-state index contributed by atoms with van der Waals surface area (Å²) in [6.45, 7) is 6.23. The summed E-state index contributed by atoms with van der Waals surface area (Å²) in [5.41, 5.74) is 3.46. The van der Waals surface area contributed by atoms with Gasteiger partial charge in [0.05, 0.1) is 23.9 Å². The normalized spacial score (nSPS) is 12.7. The molecule has 1 amide bonds. The second-order valence-corrected chi connectivity index (χ2v) is 9.65. The first kappa shape index (κ1) is 26.3. The first-order valence-corrected chi connectivity index (χ1v) is 12.3. The summed E-state index contributed by atoms with van der Waals surface area (Å²) >= 11 is 0. The molecule has 8 heteroatoms. The molecule has 2 heterocycles. The highest BCUT2D eigenvalue weighted by molar-refractivity contribution is 5.95. The van der Waals surface area contributed by atoms with E-state index < -0.39 is 11.6 Å². The number of aromatic nitrogens is 3. The molecule has 2 aromatic heterocycles. The van der Waals surface area contributed by atoms with Gasteiger partial charge in [-0.2, -0.15) is 15.6 Å². The van der Waals surface area contributed by atoms with Crippen molar-refractivity contribution in [3.63, 3.8) is 0 Å². The Balaban J connectivity index is 1.46. The molecule has 190 valence electrons. The average Bonchev–Trinajstić information content (AvgIpc) is 3.45. The zero-order valence-electron chi connectivity index (χ0n) is 21.6. The second kappa shape index (κ2) is 11.5. The smallest absolute Gasteiger partial charge is 0.247 e. The van der Waals surface area contributed by atoms with Crippen LogP contribution >= 0.6 is 0 Å². The van der Waals surface area contributed by atoms with Crippen molar-refractivity contribution >= 4 is 11.7 Å². The third-order valence-corrected chi connectivity index (χ3v) is 6.41. The van der Waals surface area contributed by atoms with Crippen molar-refractivity contribution in [3.05, 3.63) is 102 Å². The maximum atomic E-state index is 13.4. The topological polar surface area (TPSA) is 119 Å². The van der Waals surface area contributed by atoms with Crippen molar-refractivity contribution in [1.29, 1.82) is 10.5 Å². The van der Waals surface area contributed by atoms with Crippen LogP contribution in [0.25, 0.3) is 11.1 Å². The van der Waals surface area contributed by atoms with Crippen LogP contribution in [-0.4, -0.2) is 27.2 Å². The van der Waals surface area contributed by atoms with Gasteiger partial charge >= 0.3 is 0 Å². The van der Waals surface area contributed by atoms with Crippen molar-refractivity contribution < 1.29 is 4.79 Å². The van der Waals surface area contributed by atoms with Crippen molar-refractivity contribution in [3.8, 4) is 23.3 Å². The summed E-state index contributed by atoms with van der Waals surface area (Å²) in [7, 11) is 0. The molecule has 0 radical (unpaired) electrons. The molecule has 2 atom stereocenters. The van der Waals surface area contributed by atoms with Crippen LogP contribution in [0.2, 0.25) is 0 Å². The monoisotopic (exact) mass is 503 g/mol. The maximum absolute atomic E-state index is 13.4. The quantitative estimate of drug-likeness (QED) is 0.326. The number of pyridine rings is 1. The summed E-state index contributed by atoms with van der Waals surface area (Å²) < 4.78 is 1.62. The molecule has 38 heavy (non-hydrogen) atoms. The lowest BCUT2D eigenvalue weighted by atomic mass is 9.98. The number of amides is 1. The van der Waals surface area contributed by atoms with E-state index in [9.17, 15) is 10.1 Å². The molecule has 2 aromatic carbocycles. The van der Waals surface area contributed by atoms with E-state index in [1.807, 2.05) is 54.7 Å². The highest BCUT2D eigenvalue weighted by atomic mass is 16.2. The summed E-state index contributed by atoms with van der Waals surface area (Å²) in [6.07, 6.45) is 5.18. The van der Waals surface area contributed by atoms with Crippen LogP contribution in [0.15, 0.2) is 85.3 Å². The minimum Gasteiger partial charge on any atom is -0.309 e. The SMILES string of the molecule is C[C@@H](CN[C@H](C(=O)Nc1ccc(-c2cnn(C(C)(C)C#N)c2)cn1)c1ccccc1)c1ccc(C#N)cc1. The van der Waals surface area contributed by atoms with Crippen molar-refractivity contribution in [2.24, 2.45) is 0 Å². The Labute approximate surface area is 222 Å². The van der Waals surface area contributed by atoms with Crippen LogP contribution in [-0.2, 0) is 10.3 Å². The van der Waals surface area contributed by atoms with Gasteiger partial charge in [0, 0.05) is 30.1 Å². The maximum Gasteiger partial charge on any atom is 0.247 e. The summed E-state index contributed by atoms with van der Waals surface area (Å²) in [5.74, 6) is 0.351. The highest BCUT2D eigenvalue weighted by Crippen LogP contribution is 2.23. The van der Waals surface area contributed by atoms with Crippen LogP contribution in [0.1, 0.15) is 49.4 Å². The molecule has 0 aliphatic rings. The number of rotatable bonds is 9. The number of nitrogens with zero attached hydrogens (tertiary/aromatic N) is 5. The minimum absolute atomic E-state index is 0.131. The van der Waals surface area contributed by atoms with E-state index in [0.29, 0.717) is 17.9 Å². The number of nitrogens with one attached hydrogen (secondary N) is 2. The van der Waals surface area contributed by atoms with Gasteiger partial charge in [-0.15, -0.1) is 0 Å². The molecule has 4 aromatic rings. The summed E-state index contributed by atoms with van der Waals surface area (Å²) in [4.78, 5) is 17.8. The molecule has 0 unspecified atom stereocenters. The van der Waals surface area contributed by atoms with Crippen LogP contribution in [0.5, 0.6) is 0 Å². The van der Waals surface area contributed by atoms with E-state index in [2.05, 4.69) is 39.8 Å². The second-order valence-electron chi connectivity index (χ2n) is 9.65. The van der Waals surface area contributed by atoms with E-state index in [1.54, 1.807) is 49.1 Å². The Hall–Kier alpha value is -4.79. The van der Waals surface area contributed by atoms with Gasteiger partial charge in [-0.05, 0) is 55.2 Å². The van der Waals surface area contributed by atoms with Gasteiger partial charge in [-0.25, -0.2) is 4.98 Å². The standard InChI is InChI=1S/C30H29N7O/c1-21(23-11-9-22(15-31)10-12-23)16-34-28(24-7-5-4-6-8-24)29(38)36-27-14-13-25(17-33-27)26-18-35-37(19-26)30(2,3)20-32/h4-14,17-19,21,28,34H,16H2,1-3H3,(H,33,36,38)/t21-,28-/m0/s1. The third-order valence-electron chi connectivity index (χ3n) is 6.41. The Morgan fingerprint density at radius 1 is 0.974 bits per heavy atom. The molecule has 0 saturated carbocycles. The van der Waals surface area contributed by atoms with Gasteiger partial charge in [-0.3, -0.25) is 9.48 Å². The predicted octanol–water partition coefficient (Wildman–Crippen LogP) is 5.15. The molecular formula is C30H29N7O. The minimum atomic E-state index is -0.753. The summed E-state index contributed by atoms with van der Waals surface area (Å²) in [5, 5.41) is 29.0. The molecule has 2 N–H and O–H groups in total. The lowest BCUT2D eigenvalue weighted by Crippen LogP contribution is -2.35. The lowest BCUT2D eigenvalue weighted by Gasteiger charge is -2.21. The van der Waals surface area contributed by atoms with Gasteiger partial charge in [0.15, 0.2) is 0 Å². The number of hydrogen-bond acceptors (Lipinski definition) is 6. The fourth-order valence-electron chi connectivity index (χ4n) is 3.97. The Morgan fingerprint density at radius 3 is 2.34 bits per heavy atom. The number of carbonyl (C=O) groups is 1. The molecule has 4 rings (SSSR count). The Bertz CT molecular complexity index is 1460. The van der Waals surface area contributed by atoms with Gasteiger partial charge < -0.3 is 10.6 Å². The first-order valence-electron chi connectivity index (χ1n) is 12.3. The van der Waals surface area contributed by atoms with Crippen LogP contribution < -0.4 is 10.6 Å². The largest absolute Gasteiger partial charge is 0.309 e. The van der Waals surface area contributed by atoms with Gasteiger partial charge in [0.1, 0.15) is 17.4 Å². The van der Waals surface area contributed by atoms with Gasteiger partial charge in [0.25, 0.3) is 0 Å². The fraction of sp³-hybridized carbons (Fsp3) is 0.233. The van der Waals surface area contributed by atoms with E-state index >= 15 is 0 Å².